The first kappa shape index (κ1) is 22.0. The molecule has 1 fully saturated rings. The Hall–Kier alpha value is -3.20. The normalized spacial score (nSPS) is 14.1. The minimum atomic E-state index is -0.625. The van der Waals surface area contributed by atoms with Crippen LogP contribution in [0.4, 0.5) is 5.69 Å². The third-order valence-electron chi connectivity index (χ3n) is 5.54. The number of amides is 1. The summed E-state index contributed by atoms with van der Waals surface area (Å²) in [4.78, 5) is 48.0. The van der Waals surface area contributed by atoms with Gasteiger partial charge in [-0.15, -0.1) is 11.3 Å². The zero-order valence-electron chi connectivity index (χ0n) is 18.2. The monoisotopic (exact) mass is 454 g/mol. The molecule has 0 radical (unpaired) electrons. The Labute approximate surface area is 190 Å². The number of hydrogen-bond donors (Lipinski definition) is 0. The van der Waals surface area contributed by atoms with Gasteiger partial charge in [0.25, 0.3) is 11.5 Å². The van der Waals surface area contributed by atoms with Crippen molar-refractivity contribution in [2.24, 2.45) is 0 Å². The number of aryl methyl sites for hydroxylation is 1. The quantitative estimate of drug-likeness (QED) is 0.533. The maximum atomic E-state index is 13.4. The third-order valence-corrected chi connectivity index (χ3v) is 6.39. The molecular formula is C23H26N4O4S. The fourth-order valence-corrected chi connectivity index (χ4v) is 4.79. The van der Waals surface area contributed by atoms with Crippen molar-refractivity contribution in [1.82, 2.24) is 14.5 Å². The van der Waals surface area contributed by atoms with E-state index in [2.05, 4.69) is 4.98 Å². The Balaban J connectivity index is 1.75. The van der Waals surface area contributed by atoms with E-state index in [9.17, 15) is 14.4 Å². The summed E-state index contributed by atoms with van der Waals surface area (Å²) in [7, 11) is 0. The van der Waals surface area contributed by atoms with E-state index < -0.39 is 5.97 Å². The Kier molecular flexibility index (Phi) is 6.55. The van der Waals surface area contributed by atoms with Crippen LogP contribution in [0.2, 0.25) is 0 Å². The van der Waals surface area contributed by atoms with E-state index in [-0.39, 0.29) is 23.6 Å². The molecule has 1 saturated heterocycles. The Bertz CT molecular complexity index is 1180. The molecule has 3 aromatic heterocycles. The van der Waals surface area contributed by atoms with Gasteiger partial charge in [0, 0.05) is 44.3 Å². The Morgan fingerprint density at radius 2 is 1.91 bits per heavy atom. The first-order valence-corrected chi connectivity index (χ1v) is 11.7. The van der Waals surface area contributed by atoms with Crippen LogP contribution in [0, 0.1) is 0 Å². The van der Waals surface area contributed by atoms with Crippen LogP contribution in [0.25, 0.3) is 11.0 Å². The van der Waals surface area contributed by atoms with Crippen molar-refractivity contribution in [3.05, 3.63) is 56.6 Å². The molecule has 0 unspecified atom stereocenters. The van der Waals surface area contributed by atoms with E-state index in [4.69, 9.17) is 4.74 Å². The van der Waals surface area contributed by atoms with E-state index >= 15 is 0 Å². The van der Waals surface area contributed by atoms with Gasteiger partial charge in [0.15, 0.2) is 0 Å². The smallest absolute Gasteiger partial charge is 0.345 e. The summed E-state index contributed by atoms with van der Waals surface area (Å²) in [6.07, 6.45) is 2.39. The molecule has 0 spiro atoms. The number of piperazine rings is 1. The summed E-state index contributed by atoms with van der Waals surface area (Å²) in [6, 6.07) is 7.38. The van der Waals surface area contributed by atoms with Crippen LogP contribution < -0.4 is 10.5 Å². The fraction of sp³-hybridized carbons (Fsp3) is 0.391. The second-order valence-electron chi connectivity index (χ2n) is 7.53. The summed E-state index contributed by atoms with van der Waals surface area (Å²) in [5, 5.41) is 2.63. The maximum Gasteiger partial charge on any atom is 0.345 e. The number of pyridine rings is 2. The van der Waals surface area contributed by atoms with Gasteiger partial charge in [0.2, 0.25) is 0 Å². The number of anilines is 1. The highest BCUT2D eigenvalue weighted by Gasteiger charge is 2.30. The molecule has 0 aromatic carbocycles. The van der Waals surface area contributed by atoms with Gasteiger partial charge in [0.05, 0.1) is 17.2 Å². The molecule has 1 amide bonds. The summed E-state index contributed by atoms with van der Waals surface area (Å²) in [6.45, 7) is 6.34. The standard InChI is InChI=1S/C23H26N4O4S/c1-3-10-27-20-16(7-5-9-24-20)19(18(22(27)29)23(30)31-4-2)25-11-13-26(14-12-25)21(28)17-8-6-15-32-17/h5-9,15H,3-4,10-14H2,1-2H3. The summed E-state index contributed by atoms with van der Waals surface area (Å²) in [5.41, 5.74) is 0.758. The van der Waals surface area contributed by atoms with E-state index in [0.717, 1.165) is 11.8 Å². The van der Waals surface area contributed by atoms with Crippen LogP contribution in [-0.4, -0.2) is 59.1 Å². The minimum absolute atomic E-state index is 0.00940. The topological polar surface area (TPSA) is 84.7 Å². The Morgan fingerprint density at radius 3 is 2.56 bits per heavy atom. The minimum Gasteiger partial charge on any atom is -0.462 e. The van der Waals surface area contributed by atoms with E-state index in [0.29, 0.717) is 48.9 Å². The number of aromatic nitrogens is 2. The Morgan fingerprint density at radius 1 is 1.12 bits per heavy atom. The molecule has 8 nitrogen and oxygen atoms in total. The molecule has 1 aliphatic heterocycles. The average Bonchev–Trinajstić information content (AvgIpc) is 3.35. The predicted octanol–water partition coefficient (Wildman–Crippen LogP) is 3.01. The zero-order valence-corrected chi connectivity index (χ0v) is 19.1. The predicted molar refractivity (Wildman–Crippen MR) is 125 cm³/mol. The van der Waals surface area contributed by atoms with Gasteiger partial charge in [-0.1, -0.05) is 13.0 Å². The fourth-order valence-electron chi connectivity index (χ4n) is 4.10. The SMILES string of the molecule is CCCn1c(=O)c(C(=O)OCC)c(N2CCN(C(=O)c3cccs3)CC2)c2cccnc21. The largest absolute Gasteiger partial charge is 0.462 e. The molecule has 0 atom stereocenters. The highest BCUT2D eigenvalue weighted by Crippen LogP contribution is 2.30. The number of carbonyl (C=O) groups excluding carboxylic acids is 2. The zero-order chi connectivity index (χ0) is 22.7. The van der Waals surface area contributed by atoms with Gasteiger partial charge in [-0.05, 0) is 36.9 Å². The van der Waals surface area contributed by atoms with Crippen LogP contribution >= 0.6 is 11.3 Å². The van der Waals surface area contributed by atoms with Crippen molar-refractivity contribution in [3.63, 3.8) is 0 Å². The molecular weight excluding hydrogens is 428 g/mol. The van der Waals surface area contributed by atoms with Crippen molar-refractivity contribution in [1.29, 1.82) is 0 Å². The number of fused-ring (bicyclic) bond motifs is 1. The van der Waals surface area contributed by atoms with Crippen molar-refractivity contribution in [2.45, 2.75) is 26.8 Å². The molecule has 168 valence electrons. The van der Waals surface area contributed by atoms with Gasteiger partial charge in [-0.2, -0.15) is 0 Å². The molecule has 4 rings (SSSR count). The number of nitrogens with zero attached hydrogens (tertiary/aromatic N) is 4. The molecule has 0 saturated carbocycles. The lowest BCUT2D eigenvalue weighted by molar-refractivity contribution is 0.0523. The van der Waals surface area contributed by atoms with Gasteiger partial charge in [-0.3, -0.25) is 14.2 Å². The number of hydrogen-bond acceptors (Lipinski definition) is 7. The molecule has 3 aromatic rings. The van der Waals surface area contributed by atoms with Crippen molar-refractivity contribution >= 4 is 39.9 Å². The average molecular weight is 455 g/mol. The number of rotatable bonds is 6. The van der Waals surface area contributed by atoms with Crippen molar-refractivity contribution in [3.8, 4) is 0 Å². The molecule has 4 heterocycles. The molecule has 9 heteroatoms. The molecule has 0 N–H and O–H groups in total. The first-order chi connectivity index (χ1) is 15.6. The summed E-state index contributed by atoms with van der Waals surface area (Å²) >= 11 is 1.43. The van der Waals surface area contributed by atoms with Crippen LogP contribution in [0.3, 0.4) is 0 Å². The van der Waals surface area contributed by atoms with Crippen LogP contribution in [0.15, 0.2) is 40.6 Å². The third kappa shape index (κ3) is 4.00. The molecule has 32 heavy (non-hydrogen) atoms. The van der Waals surface area contributed by atoms with Crippen LogP contribution in [-0.2, 0) is 11.3 Å². The van der Waals surface area contributed by atoms with Crippen molar-refractivity contribution < 1.29 is 14.3 Å². The highest BCUT2D eigenvalue weighted by molar-refractivity contribution is 7.12. The van der Waals surface area contributed by atoms with Crippen LogP contribution in [0.5, 0.6) is 0 Å². The van der Waals surface area contributed by atoms with Gasteiger partial charge >= 0.3 is 5.97 Å². The van der Waals surface area contributed by atoms with Gasteiger partial charge in [0.1, 0.15) is 11.2 Å². The summed E-state index contributed by atoms with van der Waals surface area (Å²) in [5.74, 6) is -0.615. The molecule has 1 aliphatic rings. The number of carbonyl (C=O) groups is 2. The number of thiophene rings is 1. The van der Waals surface area contributed by atoms with Gasteiger partial charge < -0.3 is 14.5 Å². The maximum absolute atomic E-state index is 13.4. The molecule has 0 aliphatic carbocycles. The summed E-state index contributed by atoms with van der Waals surface area (Å²) < 4.78 is 6.83. The number of esters is 1. The van der Waals surface area contributed by atoms with E-state index in [1.54, 1.807) is 23.8 Å². The first-order valence-electron chi connectivity index (χ1n) is 10.8. The van der Waals surface area contributed by atoms with E-state index in [1.165, 1.54) is 11.3 Å². The van der Waals surface area contributed by atoms with Gasteiger partial charge in [-0.25, -0.2) is 9.78 Å². The number of ether oxygens (including phenoxy) is 1. The second-order valence-corrected chi connectivity index (χ2v) is 8.48. The van der Waals surface area contributed by atoms with Crippen molar-refractivity contribution in [2.75, 3.05) is 37.7 Å². The molecule has 0 bridgehead atoms. The lowest BCUT2D eigenvalue weighted by Gasteiger charge is -2.37. The van der Waals surface area contributed by atoms with E-state index in [1.807, 2.05) is 40.3 Å². The lowest BCUT2D eigenvalue weighted by Crippen LogP contribution is -2.49. The lowest BCUT2D eigenvalue weighted by atomic mass is 10.1. The highest BCUT2D eigenvalue weighted by atomic mass is 32.1. The second kappa shape index (κ2) is 9.52. The van der Waals surface area contributed by atoms with Crippen LogP contribution in [0.1, 0.15) is 40.3 Å².